The van der Waals surface area contributed by atoms with E-state index in [9.17, 15) is 8.78 Å². The average molecular weight is 316 g/mol. The van der Waals surface area contributed by atoms with Crippen molar-refractivity contribution in [1.29, 1.82) is 0 Å². The molecule has 2 aromatic rings. The summed E-state index contributed by atoms with van der Waals surface area (Å²) in [6, 6.07) is 13.6. The summed E-state index contributed by atoms with van der Waals surface area (Å²) in [6.45, 7) is 6.12. The molecule has 0 spiro atoms. The maximum absolute atomic E-state index is 13.3. The molecule has 0 amide bonds. The second kappa shape index (κ2) is 7.20. The second-order valence-electron chi connectivity index (χ2n) is 6.11. The second-order valence-corrected chi connectivity index (χ2v) is 6.11. The van der Waals surface area contributed by atoms with E-state index >= 15 is 0 Å². The SMILES string of the molecule is CC(C(c1ccc(F)cc1)c1ccc(F)cc1)N1CCNCC1. The highest BCUT2D eigenvalue weighted by atomic mass is 19.1. The molecule has 23 heavy (non-hydrogen) atoms. The van der Waals surface area contributed by atoms with Gasteiger partial charge in [0.15, 0.2) is 0 Å². The summed E-state index contributed by atoms with van der Waals surface area (Å²) >= 11 is 0. The van der Waals surface area contributed by atoms with Crippen LogP contribution < -0.4 is 5.32 Å². The van der Waals surface area contributed by atoms with Crippen molar-refractivity contribution in [2.75, 3.05) is 26.2 Å². The standard InChI is InChI=1S/C19H22F2N2/c1-14(23-12-10-22-11-13-23)19(15-2-6-17(20)7-3-15)16-4-8-18(21)9-5-16/h2-9,14,19,22H,10-13H2,1H3. The molecule has 0 aliphatic carbocycles. The molecule has 1 aliphatic heterocycles. The highest BCUT2D eigenvalue weighted by molar-refractivity contribution is 5.34. The molecule has 0 aromatic heterocycles. The van der Waals surface area contributed by atoms with Crippen LogP contribution in [0, 0.1) is 11.6 Å². The molecule has 3 rings (SSSR count). The lowest BCUT2D eigenvalue weighted by Gasteiger charge is -2.38. The van der Waals surface area contributed by atoms with Gasteiger partial charge in [0.05, 0.1) is 0 Å². The summed E-state index contributed by atoms with van der Waals surface area (Å²) in [5.41, 5.74) is 2.12. The Labute approximate surface area is 136 Å². The Kier molecular flexibility index (Phi) is 5.03. The van der Waals surface area contributed by atoms with Gasteiger partial charge >= 0.3 is 0 Å². The van der Waals surface area contributed by atoms with Gasteiger partial charge in [-0.1, -0.05) is 24.3 Å². The lowest BCUT2D eigenvalue weighted by molar-refractivity contribution is 0.171. The predicted octanol–water partition coefficient (Wildman–Crippen LogP) is 3.39. The fraction of sp³-hybridized carbons (Fsp3) is 0.368. The van der Waals surface area contributed by atoms with E-state index in [-0.39, 0.29) is 23.6 Å². The number of halogens is 2. The third kappa shape index (κ3) is 3.77. The molecule has 1 saturated heterocycles. The van der Waals surface area contributed by atoms with Crippen molar-refractivity contribution in [1.82, 2.24) is 10.2 Å². The van der Waals surface area contributed by atoms with E-state index in [4.69, 9.17) is 0 Å². The topological polar surface area (TPSA) is 15.3 Å². The first-order valence-corrected chi connectivity index (χ1v) is 8.11. The molecule has 0 saturated carbocycles. The van der Waals surface area contributed by atoms with Gasteiger partial charge in [-0.05, 0) is 42.3 Å². The van der Waals surface area contributed by atoms with Crippen molar-refractivity contribution >= 4 is 0 Å². The average Bonchev–Trinajstić information content (AvgIpc) is 2.59. The molecular formula is C19H22F2N2. The molecule has 0 radical (unpaired) electrons. The Morgan fingerprint density at radius 1 is 0.826 bits per heavy atom. The maximum atomic E-state index is 13.3. The molecular weight excluding hydrogens is 294 g/mol. The molecule has 122 valence electrons. The van der Waals surface area contributed by atoms with Crippen molar-refractivity contribution in [2.24, 2.45) is 0 Å². The highest BCUT2D eigenvalue weighted by Crippen LogP contribution is 2.31. The van der Waals surface area contributed by atoms with Gasteiger partial charge in [-0.25, -0.2) is 8.78 Å². The fourth-order valence-corrected chi connectivity index (χ4v) is 3.39. The van der Waals surface area contributed by atoms with Gasteiger partial charge in [0.2, 0.25) is 0 Å². The van der Waals surface area contributed by atoms with E-state index in [1.54, 1.807) is 0 Å². The van der Waals surface area contributed by atoms with Crippen LogP contribution in [-0.2, 0) is 0 Å². The monoisotopic (exact) mass is 316 g/mol. The molecule has 1 aliphatic rings. The van der Waals surface area contributed by atoms with Crippen LogP contribution in [0.4, 0.5) is 8.78 Å². The molecule has 1 fully saturated rings. The minimum atomic E-state index is -0.235. The normalized spacial score (nSPS) is 17.4. The number of nitrogens with zero attached hydrogens (tertiary/aromatic N) is 1. The molecule has 2 aromatic carbocycles. The van der Waals surface area contributed by atoms with Crippen LogP contribution in [0.1, 0.15) is 24.0 Å². The van der Waals surface area contributed by atoms with Gasteiger partial charge in [0.25, 0.3) is 0 Å². The number of hydrogen-bond donors (Lipinski definition) is 1. The van der Waals surface area contributed by atoms with Crippen LogP contribution >= 0.6 is 0 Å². The Morgan fingerprint density at radius 3 is 1.70 bits per heavy atom. The van der Waals surface area contributed by atoms with Crippen LogP contribution in [0.25, 0.3) is 0 Å². The molecule has 0 bridgehead atoms. The summed E-state index contributed by atoms with van der Waals surface area (Å²) in [6.07, 6.45) is 0. The first-order valence-electron chi connectivity index (χ1n) is 8.11. The van der Waals surface area contributed by atoms with Gasteiger partial charge < -0.3 is 5.32 Å². The van der Waals surface area contributed by atoms with E-state index in [1.807, 2.05) is 24.3 Å². The first-order chi connectivity index (χ1) is 11.1. The smallest absolute Gasteiger partial charge is 0.123 e. The van der Waals surface area contributed by atoms with Crippen molar-refractivity contribution in [3.8, 4) is 0 Å². The predicted molar refractivity (Wildman–Crippen MR) is 88.5 cm³/mol. The first kappa shape index (κ1) is 16.1. The summed E-state index contributed by atoms with van der Waals surface area (Å²) in [5.74, 6) is -0.378. The third-order valence-electron chi connectivity index (χ3n) is 4.67. The van der Waals surface area contributed by atoms with Crippen molar-refractivity contribution in [2.45, 2.75) is 18.9 Å². The number of rotatable bonds is 4. The van der Waals surface area contributed by atoms with Crippen LogP contribution in [-0.4, -0.2) is 37.1 Å². The Morgan fingerprint density at radius 2 is 1.26 bits per heavy atom. The molecule has 4 heteroatoms. The van der Waals surface area contributed by atoms with Crippen LogP contribution in [0.15, 0.2) is 48.5 Å². The largest absolute Gasteiger partial charge is 0.314 e. The van der Waals surface area contributed by atoms with Gasteiger partial charge in [-0.3, -0.25) is 4.90 Å². The molecule has 1 heterocycles. The number of nitrogens with one attached hydrogen (secondary N) is 1. The lowest BCUT2D eigenvalue weighted by Crippen LogP contribution is -2.49. The summed E-state index contributed by atoms with van der Waals surface area (Å²) in [4.78, 5) is 2.44. The highest BCUT2D eigenvalue weighted by Gasteiger charge is 2.27. The van der Waals surface area contributed by atoms with Crippen molar-refractivity contribution in [3.63, 3.8) is 0 Å². The Hall–Kier alpha value is -1.78. The van der Waals surface area contributed by atoms with Gasteiger partial charge in [-0.2, -0.15) is 0 Å². The minimum Gasteiger partial charge on any atom is -0.314 e. The van der Waals surface area contributed by atoms with Gasteiger partial charge in [0, 0.05) is 38.1 Å². The molecule has 1 unspecified atom stereocenters. The van der Waals surface area contributed by atoms with Crippen LogP contribution in [0.2, 0.25) is 0 Å². The Balaban J connectivity index is 1.94. The fourth-order valence-electron chi connectivity index (χ4n) is 3.39. The van der Waals surface area contributed by atoms with Crippen molar-refractivity contribution < 1.29 is 8.78 Å². The zero-order valence-corrected chi connectivity index (χ0v) is 13.3. The van der Waals surface area contributed by atoms with Crippen LogP contribution in [0.3, 0.4) is 0 Å². The Bertz CT molecular complexity index is 573. The number of benzene rings is 2. The zero-order valence-electron chi connectivity index (χ0n) is 13.3. The van der Waals surface area contributed by atoms with Gasteiger partial charge in [-0.15, -0.1) is 0 Å². The molecule has 1 N–H and O–H groups in total. The summed E-state index contributed by atoms with van der Waals surface area (Å²) in [5, 5.41) is 3.36. The van der Waals surface area contributed by atoms with E-state index in [1.165, 1.54) is 24.3 Å². The van der Waals surface area contributed by atoms with Gasteiger partial charge in [0.1, 0.15) is 11.6 Å². The van der Waals surface area contributed by atoms with E-state index in [2.05, 4.69) is 17.1 Å². The van der Waals surface area contributed by atoms with E-state index < -0.39 is 0 Å². The van der Waals surface area contributed by atoms with E-state index in [0.717, 1.165) is 37.3 Å². The van der Waals surface area contributed by atoms with Crippen molar-refractivity contribution in [3.05, 3.63) is 71.3 Å². The lowest BCUT2D eigenvalue weighted by atomic mass is 9.84. The third-order valence-corrected chi connectivity index (χ3v) is 4.67. The maximum Gasteiger partial charge on any atom is 0.123 e. The quantitative estimate of drug-likeness (QED) is 0.930. The number of piperazine rings is 1. The minimum absolute atomic E-state index is 0.0919. The number of hydrogen-bond acceptors (Lipinski definition) is 2. The molecule has 1 atom stereocenters. The zero-order chi connectivity index (χ0) is 16.2. The summed E-state index contributed by atoms with van der Waals surface area (Å²) < 4.78 is 26.6. The summed E-state index contributed by atoms with van der Waals surface area (Å²) in [7, 11) is 0. The van der Waals surface area contributed by atoms with E-state index in [0.29, 0.717) is 0 Å². The molecule has 2 nitrogen and oxygen atoms in total. The van der Waals surface area contributed by atoms with Crippen LogP contribution in [0.5, 0.6) is 0 Å².